The van der Waals surface area contributed by atoms with E-state index in [0.717, 1.165) is 33.1 Å². The number of fused-ring (bicyclic) bond motifs is 2. The highest BCUT2D eigenvalue weighted by molar-refractivity contribution is 14.1. The van der Waals surface area contributed by atoms with Crippen LogP contribution in [0.25, 0.3) is 0 Å². The first-order valence-corrected chi connectivity index (χ1v) is 8.51. The van der Waals surface area contributed by atoms with Crippen LogP contribution in [0, 0.1) is 3.57 Å². The van der Waals surface area contributed by atoms with Crippen LogP contribution >= 0.6 is 38.5 Å². The van der Waals surface area contributed by atoms with Crippen molar-refractivity contribution in [1.29, 1.82) is 0 Å². The summed E-state index contributed by atoms with van der Waals surface area (Å²) in [5.41, 5.74) is 0.782. The van der Waals surface area contributed by atoms with Crippen molar-refractivity contribution in [3.05, 3.63) is 31.8 Å². The van der Waals surface area contributed by atoms with Gasteiger partial charge in [-0.25, -0.2) is 0 Å². The third-order valence-electron chi connectivity index (χ3n) is 3.97. The molecule has 2 bridgehead atoms. The minimum Gasteiger partial charge on any atom is -0.337 e. The molecule has 19 heavy (non-hydrogen) atoms. The van der Waals surface area contributed by atoms with E-state index in [2.05, 4.69) is 43.8 Å². The second-order valence-corrected chi connectivity index (χ2v) is 7.40. The third-order valence-corrected chi connectivity index (χ3v) is 5.33. The van der Waals surface area contributed by atoms with Crippen molar-refractivity contribution >= 4 is 44.4 Å². The molecule has 2 atom stereocenters. The molecule has 0 saturated carbocycles. The average molecular weight is 435 g/mol. The number of nitrogens with one attached hydrogen (secondary N) is 1. The van der Waals surface area contributed by atoms with Crippen LogP contribution < -0.4 is 5.32 Å². The maximum atomic E-state index is 12.7. The zero-order valence-electron chi connectivity index (χ0n) is 10.5. The summed E-state index contributed by atoms with van der Waals surface area (Å²) in [6.45, 7) is 1.71. The van der Waals surface area contributed by atoms with Crippen molar-refractivity contribution in [2.45, 2.75) is 31.3 Å². The van der Waals surface area contributed by atoms with Crippen molar-refractivity contribution < 1.29 is 4.79 Å². The molecular weight excluding hydrogens is 419 g/mol. The first kappa shape index (κ1) is 13.8. The summed E-state index contributed by atoms with van der Waals surface area (Å²) < 4.78 is 1.99. The van der Waals surface area contributed by atoms with Gasteiger partial charge in [0, 0.05) is 33.2 Å². The molecule has 5 heteroatoms. The summed E-state index contributed by atoms with van der Waals surface area (Å²) in [5.74, 6) is 0.153. The highest BCUT2D eigenvalue weighted by Gasteiger charge is 2.31. The van der Waals surface area contributed by atoms with Gasteiger partial charge in [0.05, 0.1) is 5.56 Å². The topological polar surface area (TPSA) is 32.3 Å². The lowest BCUT2D eigenvalue weighted by Gasteiger charge is -2.24. The Morgan fingerprint density at radius 1 is 1.32 bits per heavy atom. The Bertz CT molecular complexity index is 508. The van der Waals surface area contributed by atoms with Gasteiger partial charge in [-0.15, -0.1) is 0 Å². The van der Waals surface area contributed by atoms with Crippen molar-refractivity contribution in [1.82, 2.24) is 10.2 Å². The zero-order valence-corrected chi connectivity index (χ0v) is 14.3. The number of carbonyl (C=O) groups is 1. The molecule has 2 fully saturated rings. The zero-order chi connectivity index (χ0) is 13.4. The maximum absolute atomic E-state index is 12.7. The summed E-state index contributed by atoms with van der Waals surface area (Å²) in [5, 5.41) is 3.61. The van der Waals surface area contributed by atoms with Crippen LogP contribution in [0.15, 0.2) is 22.7 Å². The molecule has 3 nitrogen and oxygen atoms in total. The molecule has 102 valence electrons. The van der Waals surface area contributed by atoms with E-state index in [1.165, 1.54) is 12.8 Å². The van der Waals surface area contributed by atoms with Crippen molar-refractivity contribution in [3.63, 3.8) is 0 Å². The molecule has 0 aromatic heterocycles. The lowest BCUT2D eigenvalue weighted by Crippen LogP contribution is -2.39. The van der Waals surface area contributed by atoms with E-state index in [1.807, 2.05) is 23.1 Å². The molecule has 0 aliphatic carbocycles. The molecule has 3 rings (SSSR count). The first-order chi connectivity index (χ1) is 9.13. The van der Waals surface area contributed by atoms with Crippen molar-refractivity contribution in [3.8, 4) is 0 Å². The largest absolute Gasteiger partial charge is 0.337 e. The Kier molecular flexibility index (Phi) is 4.14. The molecule has 2 aliphatic rings. The lowest BCUT2D eigenvalue weighted by atomic mass is 10.1. The van der Waals surface area contributed by atoms with E-state index in [9.17, 15) is 4.79 Å². The Morgan fingerprint density at radius 2 is 2.11 bits per heavy atom. The SMILES string of the molecule is O=C(c1cc(I)ccc1Br)N1CCC2CCC(C1)N2. The van der Waals surface area contributed by atoms with E-state index in [1.54, 1.807) is 0 Å². The second-order valence-electron chi connectivity index (χ2n) is 5.30. The monoisotopic (exact) mass is 434 g/mol. The Hall–Kier alpha value is -0.140. The Balaban J connectivity index is 1.81. The summed E-state index contributed by atoms with van der Waals surface area (Å²) in [4.78, 5) is 14.7. The van der Waals surface area contributed by atoms with Crippen LogP contribution in [0.3, 0.4) is 0 Å². The summed E-state index contributed by atoms with van der Waals surface area (Å²) in [6.07, 6.45) is 3.53. The predicted octanol–water partition coefficient (Wildman–Crippen LogP) is 3.02. The number of hydrogen-bond acceptors (Lipinski definition) is 2. The Labute approximate surface area is 135 Å². The quantitative estimate of drug-likeness (QED) is 0.689. The van der Waals surface area contributed by atoms with Crippen LogP contribution in [0.1, 0.15) is 29.6 Å². The van der Waals surface area contributed by atoms with Gasteiger partial charge in [0.25, 0.3) is 5.91 Å². The van der Waals surface area contributed by atoms with E-state index in [-0.39, 0.29) is 5.91 Å². The Morgan fingerprint density at radius 3 is 2.95 bits per heavy atom. The molecular formula is C14H16BrIN2O. The normalized spacial score (nSPS) is 26.3. The number of likely N-dealkylation sites (tertiary alicyclic amines) is 1. The van der Waals surface area contributed by atoms with Gasteiger partial charge in [0.1, 0.15) is 0 Å². The molecule has 2 saturated heterocycles. The molecule has 2 heterocycles. The smallest absolute Gasteiger partial charge is 0.255 e. The fraction of sp³-hybridized carbons (Fsp3) is 0.500. The number of carbonyl (C=O) groups excluding carboxylic acids is 1. The van der Waals surface area contributed by atoms with Gasteiger partial charge in [-0.05, 0) is 76.0 Å². The fourth-order valence-electron chi connectivity index (χ4n) is 2.96. The summed E-state index contributed by atoms with van der Waals surface area (Å²) >= 11 is 5.74. The molecule has 2 unspecified atom stereocenters. The number of benzene rings is 1. The molecule has 0 spiro atoms. The molecule has 1 aromatic rings. The number of nitrogens with zero attached hydrogens (tertiary/aromatic N) is 1. The van der Waals surface area contributed by atoms with E-state index in [0.29, 0.717) is 12.1 Å². The van der Waals surface area contributed by atoms with E-state index in [4.69, 9.17) is 0 Å². The van der Waals surface area contributed by atoms with Crippen LogP contribution in [0.2, 0.25) is 0 Å². The van der Waals surface area contributed by atoms with Crippen LogP contribution in [0.5, 0.6) is 0 Å². The van der Waals surface area contributed by atoms with Gasteiger partial charge in [-0.3, -0.25) is 4.79 Å². The van der Waals surface area contributed by atoms with E-state index < -0.39 is 0 Å². The number of amides is 1. The minimum atomic E-state index is 0.153. The van der Waals surface area contributed by atoms with Crippen LogP contribution in [-0.2, 0) is 0 Å². The van der Waals surface area contributed by atoms with Crippen molar-refractivity contribution in [2.75, 3.05) is 13.1 Å². The minimum absolute atomic E-state index is 0.153. The van der Waals surface area contributed by atoms with Gasteiger partial charge in [0.2, 0.25) is 0 Å². The average Bonchev–Trinajstić information content (AvgIpc) is 2.71. The highest BCUT2D eigenvalue weighted by Crippen LogP contribution is 2.25. The first-order valence-electron chi connectivity index (χ1n) is 6.64. The summed E-state index contributed by atoms with van der Waals surface area (Å²) in [7, 11) is 0. The predicted molar refractivity (Wildman–Crippen MR) is 87.3 cm³/mol. The van der Waals surface area contributed by atoms with Gasteiger partial charge in [-0.2, -0.15) is 0 Å². The molecule has 0 radical (unpaired) electrons. The number of halogens is 2. The van der Waals surface area contributed by atoms with Crippen LogP contribution in [-0.4, -0.2) is 36.0 Å². The molecule has 1 amide bonds. The van der Waals surface area contributed by atoms with Gasteiger partial charge in [-0.1, -0.05) is 0 Å². The van der Waals surface area contributed by atoms with Gasteiger partial charge < -0.3 is 10.2 Å². The van der Waals surface area contributed by atoms with Crippen molar-refractivity contribution in [2.24, 2.45) is 0 Å². The molecule has 2 aliphatic heterocycles. The van der Waals surface area contributed by atoms with Crippen LogP contribution in [0.4, 0.5) is 0 Å². The third kappa shape index (κ3) is 2.97. The van der Waals surface area contributed by atoms with Gasteiger partial charge in [0.15, 0.2) is 0 Å². The van der Waals surface area contributed by atoms with E-state index >= 15 is 0 Å². The summed E-state index contributed by atoms with van der Waals surface area (Å²) in [6, 6.07) is 7.02. The standard InChI is InChI=1S/C14H16BrIN2O/c15-13-4-1-9(16)7-12(13)14(19)18-6-5-10-2-3-11(8-18)17-10/h1,4,7,10-11,17H,2-3,5-6,8H2. The fourth-order valence-corrected chi connectivity index (χ4v) is 3.87. The maximum Gasteiger partial charge on any atom is 0.255 e. The number of rotatable bonds is 1. The van der Waals surface area contributed by atoms with Gasteiger partial charge >= 0.3 is 0 Å². The molecule has 1 aromatic carbocycles. The highest BCUT2D eigenvalue weighted by atomic mass is 127. The lowest BCUT2D eigenvalue weighted by molar-refractivity contribution is 0.0747. The molecule has 1 N–H and O–H groups in total. The number of hydrogen-bond donors (Lipinski definition) is 1. The second kappa shape index (κ2) is 5.69.